The number of esters is 1. The third-order valence-corrected chi connectivity index (χ3v) is 1.52. The van der Waals surface area contributed by atoms with Crippen molar-refractivity contribution in [2.45, 2.75) is 31.9 Å². The maximum atomic E-state index is 11.3. The number of nitrogens with two attached hydrogens (primary N) is 1. The van der Waals surface area contributed by atoms with Crippen LogP contribution < -0.4 is 16.6 Å². The average Bonchev–Trinajstić information content (AvgIpc) is 1.99. The average molecular weight is 204 g/mol. The van der Waals surface area contributed by atoms with Crippen LogP contribution in [0.15, 0.2) is 0 Å². The van der Waals surface area contributed by atoms with Crippen molar-refractivity contribution in [3.05, 3.63) is 0 Å². The van der Waals surface area contributed by atoms with Crippen LogP contribution in [0.25, 0.3) is 0 Å². The molecule has 0 rings (SSSR count). The summed E-state index contributed by atoms with van der Waals surface area (Å²) >= 11 is 0. The van der Waals surface area contributed by atoms with E-state index in [2.05, 4.69) is 5.73 Å². The Morgan fingerprint density at radius 1 is 1.43 bits per heavy atom. The van der Waals surface area contributed by atoms with Crippen LogP contribution in [-0.4, -0.2) is 29.6 Å². The normalized spacial score (nSPS) is 15.8. The Labute approximate surface area is 82.2 Å². The Morgan fingerprint density at radius 2 is 1.86 bits per heavy atom. The highest BCUT2D eigenvalue weighted by Gasteiger charge is 2.40. The van der Waals surface area contributed by atoms with E-state index < -0.39 is 23.1 Å². The SMILES string of the molecule is CC(C)(C)OC(=O)[C@](N)(C[NH3+])C(=O)[O-]. The largest absolute Gasteiger partial charge is 0.547 e. The molecule has 0 aromatic heterocycles. The van der Waals surface area contributed by atoms with Crippen molar-refractivity contribution < 1.29 is 25.2 Å². The first-order valence-electron chi connectivity index (χ1n) is 4.16. The van der Waals surface area contributed by atoms with E-state index in [4.69, 9.17) is 10.5 Å². The molecule has 0 radical (unpaired) electrons. The standard InChI is InChI=1S/C8H16N2O4/c1-7(2,3)14-6(13)8(10,4-9)5(11)12/h4,9-10H2,1-3H3,(H,11,12)/t8-/m0/s1. The Kier molecular flexibility index (Phi) is 3.61. The summed E-state index contributed by atoms with van der Waals surface area (Å²) in [6, 6.07) is 0. The molecule has 0 saturated heterocycles. The highest BCUT2D eigenvalue weighted by atomic mass is 16.6. The molecule has 0 amide bonds. The molecule has 5 N–H and O–H groups in total. The van der Waals surface area contributed by atoms with E-state index in [1.54, 1.807) is 20.8 Å². The van der Waals surface area contributed by atoms with Crippen LogP contribution >= 0.6 is 0 Å². The third-order valence-electron chi connectivity index (χ3n) is 1.52. The zero-order valence-electron chi connectivity index (χ0n) is 8.62. The smallest absolute Gasteiger partial charge is 0.338 e. The van der Waals surface area contributed by atoms with Crippen molar-refractivity contribution in [2.75, 3.05) is 6.54 Å². The topological polar surface area (TPSA) is 120 Å². The lowest BCUT2D eigenvalue weighted by Gasteiger charge is -2.29. The molecular formula is C8H16N2O4. The summed E-state index contributed by atoms with van der Waals surface area (Å²) in [7, 11) is 0. The van der Waals surface area contributed by atoms with Gasteiger partial charge in [-0.25, -0.2) is 4.79 Å². The van der Waals surface area contributed by atoms with Gasteiger partial charge in [0.2, 0.25) is 5.54 Å². The first-order valence-corrected chi connectivity index (χ1v) is 4.16. The maximum absolute atomic E-state index is 11.3. The lowest BCUT2D eigenvalue weighted by atomic mass is 10.0. The van der Waals surface area contributed by atoms with Gasteiger partial charge in [0.25, 0.3) is 0 Å². The van der Waals surface area contributed by atoms with Gasteiger partial charge in [0, 0.05) is 0 Å². The fourth-order valence-corrected chi connectivity index (χ4v) is 0.657. The fraction of sp³-hybridized carbons (Fsp3) is 0.750. The molecule has 0 aromatic rings. The van der Waals surface area contributed by atoms with Crippen molar-refractivity contribution >= 4 is 11.9 Å². The molecule has 0 saturated carbocycles. The number of hydrogen-bond acceptors (Lipinski definition) is 5. The molecule has 0 spiro atoms. The lowest BCUT2D eigenvalue weighted by molar-refractivity contribution is -0.387. The number of carboxylic acid groups (broad SMARTS) is 1. The van der Waals surface area contributed by atoms with Gasteiger partial charge in [-0.3, -0.25) is 0 Å². The Morgan fingerprint density at radius 3 is 2.07 bits per heavy atom. The number of aliphatic carboxylic acids is 1. The molecular weight excluding hydrogens is 188 g/mol. The van der Waals surface area contributed by atoms with E-state index in [-0.39, 0.29) is 6.54 Å². The molecule has 0 aliphatic heterocycles. The summed E-state index contributed by atoms with van der Waals surface area (Å²) in [6.45, 7) is 4.53. The van der Waals surface area contributed by atoms with Gasteiger partial charge in [-0.2, -0.15) is 0 Å². The second kappa shape index (κ2) is 3.93. The van der Waals surface area contributed by atoms with Gasteiger partial charge in [0.1, 0.15) is 12.1 Å². The maximum Gasteiger partial charge on any atom is 0.338 e. The molecule has 1 atom stereocenters. The molecule has 0 aromatic carbocycles. The van der Waals surface area contributed by atoms with Crippen molar-refractivity contribution in [3.8, 4) is 0 Å². The van der Waals surface area contributed by atoms with Gasteiger partial charge < -0.3 is 26.1 Å². The summed E-state index contributed by atoms with van der Waals surface area (Å²) in [5.74, 6) is -2.71. The van der Waals surface area contributed by atoms with E-state index in [0.29, 0.717) is 0 Å². The highest BCUT2D eigenvalue weighted by molar-refractivity contribution is 6.03. The van der Waals surface area contributed by atoms with Crippen LogP contribution in [0.2, 0.25) is 0 Å². The van der Waals surface area contributed by atoms with E-state index >= 15 is 0 Å². The zero-order chi connectivity index (χ0) is 11.6. The van der Waals surface area contributed by atoms with Crippen LogP contribution in [0.3, 0.4) is 0 Å². The second-order valence-electron chi connectivity index (χ2n) is 4.01. The van der Waals surface area contributed by atoms with Gasteiger partial charge in [0.05, 0.1) is 5.97 Å². The molecule has 0 aliphatic carbocycles. The van der Waals surface area contributed by atoms with Crippen molar-refractivity contribution in [2.24, 2.45) is 5.73 Å². The van der Waals surface area contributed by atoms with Crippen LogP contribution in [0.1, 0.15) is 20.8 Å². The van der Waals surface area contributed by atoms with Crippen molar-refractivity contribution in [3.63, 3.8) is 0 Å². The third kappa shape index (κ3) is 2.97. The predicted octanol–water partition coefficient (Wildman–Crippen LogP) is -2.98. The summed E-state index contributed by atoms with van der Waals surface area (Å²) in [4.78, 5) is 21.9. The Balaban J connectivity index is 4.73. The number of carboxylic acids is 1. The number of rotatable bonds is 3. The summed E-state index contributed by atoms with van der Waals surface area (Å²) in [6.07, 6.45) is 0. The monoisotopic (exact) mass is 204 g/mol. The van der Waals surface area contributed by atoms with Crippen LogP contribution in [0.4, 0.5) is 0 Å². The molecule has 0 heterocycles. The molecule has 14 heavy (non-hydrogen) atoms. The van der Waals surface area contributed by atoms with Gasteiger partial charge in [-0.15, -0.1) is 0 Å². The zero-order valence-corrected chi connectivity index (χ0v) is 8.62. The van der Waals surface area contributed by atoms with E-state index in [0.717, 1.165) is 0 Å². The number of hydrogen-bond donors (Lipinski definition) is 2. The minimum absolute atomic E-state index is 0.315. The summed E-state index contributed by atoms with van der Waals surface area (Å²) < 4.78 is 4.83. The molecule has 0 bridgehead atoms. The molecule has 0 aliphatic rings. The number of carbonyl (C=O) groups is 2. The van der Waals surface area contributed by atoms with E-state index in [9.17, 15) is 14.7 Å². The summed E-state index contributed by atoms with van der Waals surface area (Å²) in [5, 5.41) is 10.6. The van der Waals surface area contributed by atoms with Crippen molar-refractivity contribution in [1.82, 2.24) is 0 Å². The quantitative estimate of drug-likeness (QED) is 0.375. The van der Waals surface area contributed by atoms with Crippen LogP contribution in [-0.2, 0) is 14.3 Å². The van der Waals surface area contributed by atoms with E-state index in [1.165, 1.54) is 0 Å². The molecule has 0 unspecified atom stereocenters. The Hall–Kier alpha value is -1.14. The summed E-state index contributed by atoms with van der Waals surface area (Å²) in [5.41, 5.74) is 5.63. The van der Waals surface area contributed by atoms with Gasteiger partial charge in [-0.05, 0) is 20.8 Å². The molecule has 0 fully saturated rings. The van der Waals surface area contributed by atoms with Crippen molar-refractivity contribution in [1.29, 1.82) is 0 Å². The second-order valence-corrected chi connectivity index (χ2v) is 4.01. The van der Waals surface area contributed by atoms with E-state index in [1.807, 2.05) is 0 Å². The highest BCUT2D eigenvalue weighted by Crippen LogP contribution is 2.11. The molecule has 6 nitrogen and oxygen atoms in total. The fourth-order valence-electron chi connectivity index (χ4n) is 0.657. The first-order chi connectivity index (χ1) is 6.13. The molecule has 6 heteroatoms. The minimum Gasteiger partial charge on any atom is -0.547 e. The lowest BCUT2D eigenvalue weighted by Crippen LogP contribution is -2.75. The van der Waals surface area contributed by atoms with Crippen LogP contribution in [0, 0.1) is 0 Å². The van der Waals surface area contributed by atoms with Gasteiger partial charge in [0.15, 0.2) is 0 Å². The minimum atomic E-state index is -2.16. The number of ether oxygens (including phenoxy) is 1. The number of quaternary nitrogens is 1. The first kappa shape index (κ1) is 12.9. The van der Waals surface area contributed by atoms with Gasteiger partial charge >= 0.3 is 5.97 Å². The number of carbonyl (C=O) groups excluding carboxylic acids is 2. The molecule has 82 valence electrons. The van der Waals surface area contributed by atoms with Gasteiger partial charge in [-0.1, -0.05) is 0 Å². The van der Waals surface area contributed by atoms with Crippen LogP contribution in [0.5, 0.6) is 0 Å². The Bertz CT molecular complexity index is 246. The predicted molar refractivity (Wildman–Crippen MR) is 45.5 cm³/mol.